The number of piperidine rings is 1. The molecule has 8 nitrogen and oxygen atoms in total. The molecule has 0 unspecified atom stereocenters. The van der Waals surface area contributed by atoms with Gasteiger partial charge in [0, 0.05) is 58.2 Å². The van der Waals surface area contributed by atoms with Gasteiger partial charge in [-0.1, -0.05) is 13.3 Å². The van der Waals surface area contributed by atoms with Crippen molar-refractivity contribution in [1.29, 1.82) is 0 Å². The third-order valence-corrected chi connectivity index (χ3v) is 7.15. The van der Waals surface area contributed by atoms with E-state index in [0.29, 0.717) is 5.91 Å². The van der Waals surface area contributed by atoms with Crippen LogP contribution in [-0.2, 0) is 17.8 Å². The lowest BCUT2D eigenvalue weighted by atomic mass is 9.95. The molecule has 5 heterocycles. The van der Waals surface area contributed by atoms with Gasteiger partial charge < -0.3 is 19.3 Å². The van der Waals surface area contributed by atoms with E-state index in [1.54, 1.807) is 6.33 Å². The van der Waals surface area contributed by atoms with Gasteiger partial charge in [0.05, 0.1) is 0 Å². The highest BCUT2D eigenvalue weighted by molar-refractivity contribution is 5.84. The molecular weight excluding hydrogens is 378 g/mol. The summed E-state index contributed by atoms with van der Waals surface area (Å²) in [4.78, 5) is 34.0. The highest BCUT2D eigenvalue weighted by Crippen LogP contribution is 2.30. The average molecular weight is 412 g/mol. The molecule has 0 radical (unpaired) electrons. The predicted octanol–water partition coefficient (Wildman–Crippen LogP) is 1.93. The van der Waals surface area contributed by atoms with Crippen LogP contribution in [0.1, 0.15) is 44.9 Å². The number of carbonyl (C=O) groups is 1. The Morgan fingerprint density at radius 3 is 2.57 bits per heavy atom. The number of nitrogens with zero attached hydrogens (tertiary/aromatic N) is 7. The minimum absolute atomic E-state index is 0.144. The van der Waals surface area contributed by atoms with Crippen LogP contribution in [0.2, 0.25) is 0 Å². The van der Waals surface area contributed by atoms with Gasteiger partial charge in [0.25, 0.3) is 0 Å². The van der Waals surface area contributed by atoms with Gasteiger partial charge in [-0.15, -0.1) is 0 Å². The van der Waals surface area contributed by atoms with Crippen molar-refractivity contribution in [1.82, 2.24) is 29.3 Å². The van der Waals surface area contributed by atoms with E-state index in [1.807, 2.05) is 0 Å². The summed E-state index contributed by atoms with van der Waals surface area (Å²) in [6.07, 6.45) is 8.15. The molecule has 3 aliphatic heterocycles. The summed E-state index contributed by atoms with van der Waals surface area (Å²) in [7, 11) is 0. The van der Waals surface area contributed by atoms with Gasteiger partial charge in [-0.05, 0) is 32.2 Å². The first-order valence-corrected chi connectivity index (χ1v) is 11.7. The van der Waals surface area contributed by atoms with Gasteiger partial charge >= 0.3 is 0 Å². The Labute approximate surface area is 178 Å². The Kier molecular flexibility index (Phi) is 5.58. The first kappa shape index (κ1) is 19.7. The van der Waals surface area contributed by atoms with Crippen molar-refractivity contribution in [3.63, 3.8) is 0 Å². The Bertz CT molecular complexity index is 894. The maximum Gasteiger partial charge on any atom is 0.225 e. The quantitative estimate of drug-likeness (QED) is 0.769. The third kappa shape index (κ3) is 3.66. The van der Waals surface area contributed by atoms with E-state index in [9.17, 15) is 4.79 Å². The van der Waals surface area contributed by atoms with Crippen LogP contribution in [0.15, 0.2) is 6.33 Å². The number of hydrogen-bond donors (Lipinski definition) is 0. The molecule has 0 N–H and O–H groups in total. The van der Waals surface area contributed by atoms with Crippen molar-refractivity contribution in [3.8, 4) is 0 Å². The van der Waals surface area contributed by atoms with Crippen LogP contribution in [0.25, 0.3) is 11.2 Å². The van der Waals surface area contributed by atoms with Crippen molar-refractivity contribution in [2.24, 2.45) is 5.92 Å². The number of aromatic nitrogens is 4. The molecule has 0 atom stereocenters. The Morgan fingerprint density at radius 1 is 1.00 bits per heavy atom. The zero-order valence-corrected chi connectivity index (χ0v) is 18.1. The third-order valence-electron chi connectivity index (χ3n) is 7.15. The number of aryl methyl sites for hydroxylation is 2. The fourth-order valence-corrected chi connectivity index (χ4v) is 5.24. The van der Waals surface area contributed by atoms with Crippen LogP contribution >= 0.6 is 0 Å². The summed E-state index contributed by atoms with van der Waals surface area (Å²) in [6.45, 7) is 9.75. The largest absolute Gasteiger partial charge is 0.355 e. The molecule has 8 heteroatoms. The van der Waals surface area contributed by atoms with Crippen LogP contribution in [0.3, 0.4) is 0 Å². The zero-order chi connectivity index (χ0) is 20.5. The maximum atomic E-state index is 13.0. The molecule has 0 aromatic carbocycles. The number of hydrogen-bond acceptors (Lipinski definition) is 6. The van der Waals surface area contributed by atoms with E-state index in [0.717, 1.165) is 94.4 Å². The number of piperazine rings is 1. The van der Waals surface area contributed by atoms with Crippen molar-refractivity contribution < 1.29 is 4.79 Å². The molecule has 2 aromatic rings. The molecule has 0 aliphatic carbocycles. The molecule has 3 aliphatic rings. The van der Waals surface area contributed by atoms with Crippen LogP contribution in [0, 0.1) is 5.92 Å². The Hall–Kier alpha value is -2.22. The van der Waals surface area contributed by atoms with Crippen LogP contribution < -0.4 is 4.90 Å². The fraction of sp³-hybridized carbons (Fsp3) is 0.727. The van der Waals surface area contributed by atoms with Crippen molar-refractivity contribution in [3.05, 3.63) is 12.2 Å². The lowest BCUT2D eigenvalue weighted by Gasteiger charge is -2.38. The maximum absolute atomic E-state index is 13.0. The number of imidazole rings is 1. The van der Waals surface area contributed by atoms with Gasteiger partial charge in [-0.3, -0.25) is 4.79 Å². The topological polar surface area (TPSA) is 70.4 Å². The monoisotopic (exact) mass is 411 g/mol. The summed E-state index contributed by atoms with van der Waals surface area (Å²) in [6, 6.07) is 0. The fourth-order valence-electron chi connectivity index (χ4n) is 5.24. The molecule has 2 aromatic heterocycles. The standard InChI is InChI=1S/C22H33N7O/c1-2-26-12-14-28(15-13-26)22(30)17-7-10-27(11-8-17)20-19-21(24-16-23-20)29-9-5-3-4-6-18(29)25-19/h16-17H,2-15H2,1H3. The molecule has 0 spiro atoms. The van der Waals surface area contributed by atoms with Gasteiger partial charge in [0.2, 0.25) is 5.91 Å². The van der Waals surface area contributed by atoms with E-state index in [-0.39, 0.29) is 5.92 Å². The second kappa shape index (κ2) is 8.49. The van der Waals surface area contributed by atoms with E-state index in [1.165, 1.54) is 19.3 Å². The molecule has 2 saturated heterocycles. The van der Waals surface area contributed by atoms with Gasteiger partial charge in [-0.25, -0.2) is 15.0 Å². The summed E-state index contributed by atoms with van der Waals surface area (Å²) >= 11 is 0. The molecule has 0 saturated carbocycles. The summed E-state index contributed by atoms with van der Waals surface area (Å²) in [5.74, 6) is 2.60. The number of fused-ring (bicyclic) bond motifs is 3. The van der Waals surface area contributed by atoms with Gasteiger partial charge in [0.1, 0.15) is 12.2 Å². The molecule has 1 amide bonds. The number of likely N-dealkylation sites (N-methyl/N-ethyl adjacent to an activating group) is 1. The lowest BCUT2D eigenvalue weighted by Crippen LogP contribution is -2.51. The molecule has 0 bridgehead atoms. The van der Waals surface area contributed by atoms with E-state index in [2.05, 4.69) is 36.2 Å². The number of rotatable bonds is 3. The number of anilines is 1. The Morgan fingerprint density at radius 2 is 1.80 bits per heavy atom. The van der Waals surface area contributed by atoms with E-state index < -0.39 is 0 Å². The number of carbonyl (C=O) groups excluding carboxylic acids is 1. The second-order valence-electron chi connectivity index (χ2n) is 8.88. The molecular formula is C22H33N7O. The first-order valence-electron chi connectivity index (χ1n) is 11.7. The highest BCUT2D eigenvalue weighted by Gasteiger charge is 2.31. The average Bonchev–Trinajstić information content (AvgIpc) is 2.99. The SMILES string of the molecule is CCN1CCN(C(=O)C2CCN(c3ncnc4c3nc3n4CCCCC3)CC2)CC1. The molecule has 2 fully saturated rings. The summed E-state index contributed by atoms with van der Waals surface area (Å²) < 4.78 is 2.29. The smallest absolute Gasteiger partial charge is 0.225 e. The van der Waals surface area contributed by atoms with E-state index >= 15 is 0 Å². The first-order chi connectivity index (χ1) is 14.7. The van der Waals surface area contributed by atoms with Gasteiger partial charge in [-0.2, -0.15) is 0 Å². The van der Waals surface area contributed by atoms with Crippen molar-refractivity contribution in [2.75, 3.05) is 50.7 Å². The Balaban J connectivity index is 1.27. The molecule has 5 rings (SSSR count). The van der Waals surface area contributed by atoms with Crippen molar-refractivity contribution in [2.45, 2.75) is 52.0 Å². The summed E-state index contributed by atoms with van der Waals surface area (Å²) in [5, 5.41) is 0. The van der Waals surface area contributed by atoms with Gasteiger partial charge in [0.15, 0.2) is 17.0 Å². The number of amides is 1. The van der Waals surface area contributed by atoms with Crippen molar-refractivity contribution >= 4 is 22.9 Å². The second-order valence-corrected chi connectivity index (χ2v) is 8.88. The minimum Gasteiger partial charge on any atom is -0.355 e. The van der Waals surface area contributed by atoms with E-state index in [4.69, 9.17) is 4.98 Å². The summed E-state index contributed by atoms with van der Waals surface area (Å²) in [5.41, 5.74) is 1.92. The van der Waals surface area contributed by atoms with Crippen LogP contribution in [0.4, 0.5) is 5.82 Å². The van der Waals surface area contributed by atoms with Crippen LogP contribution in [0.5, 0.6) is 0 Å². The highest BCUT2D eigenvalue weighted by atomic mass is 16.2. The minimum atomic E-state index is 0.144. The normalized spacial score (nSPS) is 21.6. The predicted molar refractivity (Wildman–Crippen MR) is 117 cm³/mol. The van der Waals surface area contributed by atoms with Crippen LogP contribution in [-0.4, -0.2) is 81.0 Å². The lowest BCUT2D eigenvalue weighted by molar-refractivity contribution is -0.137. The molecule has 162 valence electrons. The molecule has 30 heavy (non-hydrogen) atoms. The zero-order valence-electron chi connectivity index (χ0n) is 18.1.